The van der Waals surface area contributed by atoms with E-state index in [1.807, 2.05) is 13.8 Å². The normalized spacial score (nSPS) is 18.7. The van der Waals surface area contributed by atoms with Gasteiger partial charge in [-0.05, 0) is 47.0 Å². The molecular formula is C15H18BrFN2O2. The van der Waals surface area contributed by atoms with E-state index >= 15 is 0 Å². The Hall–Kier alpha value is -1.43. The van der Waals surface area contributed by atoms with Gasteiger partial charge in [0.05, 0.1) is 10.9 Å². The first-order valence-electron chi connectivity index (χ1n) is 7.05. The Bertz CT molecular complexity index is 561. The van der Waals surface area contributed by atoms with Crippen LogP contribution in [0, 0.1) is 5.82 Å². The van der Waals surface area contributed by atoms with E-state index in [-0.39, 0.29) is 30.1 Å². The van der Waals surface area contributed by atoms with Crippen LogP contribution in [0.1, 0.15) is 33.1 Å². The number of imide groups is 1. The van der Waals surface area contributed by atoms with Crippen molar-refractivity contribution in [1.82, 2.24) is 4.90 Å². The molecule has 0 saturated carbocycles. The highest BCUT2D eigenvalue weighted by atomic mass is 79.9. The van der Waals surface area contributed by atoms with Crippen molar-refractivity contribution in [3.05, 3.63) is 28.5 Å². The van der Waals surface area contributed by atoms with Gasteiger partial charge in [-0.15, -0.1) is 0 Å². The maximum Gasteiger partial charge on any atom is 0.252 e. The second-order valence-electron chi connectivity index (χ2n) is 5.10. The zero-order chi connectivity index (χ0) is 15.6. The minimum absolute atomic E-state index is 0.0447. The molecular weight excluding hydrogens is 339 g/mol. The number of anilines is 1. The Balaban J connectivity index is 2.13. The molecule has 1 aliphatic heterocycles. The van der Waals surface area contributed by atoms with Crippen LogP contribution in [0.5, 0.6) is 0 Å². The molecule has 2 rings (SSSR count). The van der Waals surface area contributed by atoms with Gasteiger partial charge in [0.25, 0.3) is 5.91 Å². The van der Waals surface area contributed by atoms with Gasteiger partial charge >= 0.3 is 0 Å². The number of carbonyl (C=O) groups excluding carboxylic acids is 2. The first kappa shape index (κ1) is 15.9. The van der Waals surface area contributed by atoms with Crippen molar-refractivity contribution in [3.63, 3.8) is 0 Å². The van der Waals surface area contributed by atoms with Gasteiger partial charge < -0.3 is 5.32 Å². The molecule has 0 bridgehead atoms. The van der Waals surface area contributed by atoms with Crippen molar-refractivity contribution in [2.75, 3.05) is 5.32 Å². The number of nitrogens with zero attached hydrogens (tertiary/aromatic N) is 1. The monoisotopic (exact) mass is 356 g/mol. The lowest BCUT2D eigenvalue weighted by molar-refractivity contribution is -0.141. The molecule has 21 heavy (non-hydrogen) atoms. The highest BCUT2D eigenvalue weighted by molar-refractivity contribution is 9.10. The minimum atomic E-state index is -0.574. The molecule has 1 fully saturated rings. The molecule has 1 unspecified atom stereocenters. The third kappa shape index (κ3) is 3.26. The van der Waals surface area contributed by atoms with Gasteiger partial charge in [-0.1, -0.05) is 13.8 Å². The zero-order valence-corrected chi connectivity index (χ0v) is 13.6. The SMILES string of the molecule is CCC(CC)N1C(=O)CC(Nc2ccc(F)c(Br)c2)C1=O. The summed E-state index contributed by atoms with van der Waals surface area (Å²) in [7, 11) is 0. The molecule has 0 aromatic heterocycles. The maximum absolute atomic E-state index is 13.2. The van der Waals surface area contributed by atoms with Crippen LogP contribution in [0.4, 0.5) is 10.1 Å². The number of nitrogens with one attached hydrogen (secondary N) is 1. The van der Waals surface area contributed by atoms with Gasteiger partial charge in [0, 0.05) is 11.7 Å². The lowest BCUT2D eigenvalue weighted by Crippen LogP contribution is -2.41. The Morgan fingerprint density at radius 2 is 2.05 bits per heavy atom. The molecule has 0 spiro atoms. The first-order chi connectivity index (χ1) is 9.97. The van der Waals surface area contributed by atoms with E-state index in [4.69, 9.17) is 0 Å². The van der Waals surface area contributed by atoms with E-state index in [0.717, 1.165) is 12.8 Å². The summed E-state index contributed by atoms with van der Waals surface area (Å²) in [5.41, 5.74) is 0.612. The second kappa shape index (κ2) is 6.56. The summed E-state index contributed by atoms with van der Waals surface area (Å²) >= 11 is 3.10. The molecule has 1 heterocycles. The fraction of sp³-hybridized carbons (Fsp3) is 0.467. The van der Waals surface area contributed by atoms with Crippen LogP contribution in [0.25, 0.3) is 0 Å². The van der Waals surface area contributed by atoms with Crippen molar-refractivity contribution in [1.29, 1.82) is 0 Å². The first-order valence-corrected chi connectivity index (χ1v) is 7.84. The van der Waals surface area contributed by atoms with Crippen LogP contribution < -0.4 is 5.32 Å². The highest BCUT2D eigenvalue weighted by Crippen LogP contribution is 2.25. The van der Waals surface area contributed by atoms with Gasteiger partial charge in [0.1, 0.15) is 11.9 Å². The second-order valence-corrected chi connectivity index (χ2v) is 5.96. The molecule has 2 amide bonds. The van der Waals surface area contributed by atoms with Crippen LogP contribution in [0.15, 0.2) is 22.7 Å². The predicted octanol–water partition coefficient (Wildman–Crippen LogP) is 3.32. The van der Waals surface area contributed by atoms with E-state index < -0.39 is 6.04 Å². The van der Waals surface area contributed by atoms with Crippen LogP contribution in [-0.4, -0.2) is 28.8 Å². The van der Waals surface area contributed by atoms with E-state index in [1.165, 1.54) is 11.0 Å². The van der Waals surface area contributed by atoms with Gasteiger partial charge in [0.15, 0.2) is 0 Å². The summed E-state index contributed by atoms with van der Waals surface area (Å²) in [6.07, 6.45) is 1.65. The highest BCUT2D eigenvalue weighted by Gasteiger charge is 2.41. The summed E-state index contributed by atoms with van der Waals surface area (Å²) in [5.74, 6) is -0.713. The third-order valence-corrected chi connectivity index (χ3v) is 4.36. The number of amides is 2. The Morgan fingerprint density at radius 3 is 2.62 bits per heavy atom. The van der Waals surface area contributed by atoms with Crippen LogP contribution in [0.3, 0.4) is 0 Å². The molecule has 1 aromatic rings. The Labute approximate surface area is 131 Å². The van der Waals surface area contributed by atoms with Crippen molar-refractivity contribution < 1.29 is 14.0 Å². The molecule has 1 atom stereocenters. The standard InChI is InChI=1S/C15H18BrFN2O2/c1-3-10(4-2)19-14(20)8-13(15(19)21)18-9-5-6-12(17)11(16)7-9/h5-7,10,13,18H,3-4,8H2,1-2H3. The van der Waals surface area contributed by atoms with E-state index in [1.54, 1.807) is 12.1 Å². The average Bonchev–Trinajstić information content (AvgIpc) is 2.72. The average molecular weight is 357 g/mol. The lowest BCUT2D eigenvalue weighted by atomic mass is 10.1. The van der Waals surface area contributed by atoms with Crippen LogP contribution in [-0.2, 0) is 9.59 Å². The topological polar surface area (TPSA) is 49.4 Å². The summed E-state index contributed by atoms with van der Waals surface area (Å²) in [4.78, 5) is 25.8. The number of rotatable bonds is 5. The molecule has 0 aliphatic carbocycles. The van der Waals surface area contributed by atoms with Crippen molar-refractivity contribution in [2.45, 2.75) is 45.2 Å². The Morgan fingerprint density at radius 1 is 1.38 bits per heavy atom. The Kier molecular flexibility index (Phi) is 4.98. The number of likely N-dealkylation sites (tertiary alicyclic amines) is 1. The van der Waals surface area contributed by atoms with Crippen molar-refractivity contribution in [3.8, 4) is 0 Å². The van der Waals surface area contributed by atoms with E-state index in [0.29, 0.717) is 10.2 Å². The van der Waals surface area contributed by atoms with Crippen LogP contribution >= 0.6 is 15.9 Å². The lowest BCUT2D eigenvalue weighted by Gasteiger charge is -2.24. The maximum atomic E-state index is 13.2. The van der Waals surface area contributed by atoms with Crippen molar-refractivity contribution >= 4 is 33.4 Å². The molecule has 4 nitrogen and oxygen atoms in total. The quantitative estimate of drug-likeness (QED) is 0.823. The number of carbonyl (C=O) groups is 2. The summed E-state index contributed by atoms with van der Waals surface area (Å²) in [6, 6.07) is 3.81. The van der Waals surface area contributed by atoms with E-state index in [2.05, 4.69) is 21.2 Å². The molecule has 1 saturated heterocycles. The fourth-order valence-electron chi connectivity index (χ4n) is 2.59. The molecule has 1 aliphatic rings. The summed E-state index contributed by atoms with van der Waals surface area (Å²) < 4.78 is 13.5. The summed E-state index contributed by atoms with van der Waals surface area (Å²) in [5, 5.41) is 3.01. The molecule has 6 heteroatoms. The predicted molar refractivity (Wildman–Crippen MR) is 82.4 cm³/mol. The molecule has 1 N–H and O–H groups in total. The molecule has 114 valence electrons. The van der Waals surface area contributed by atoms with Crippen molar-refractivity contribution in [2.24, 2.45) is 0 Å². The molecule has 0 radical (unpaired) electrons. The smallest absolute Gasteiger partial charge is 0.252 e. The zero-order valence-electron chi connectivity index (χ0n) is 12.0. The largest absolute Gasteiger partial charge is 0.373 e. The van der Waals surface area contributed by atoms with Crippen LogP contribution in [0.2, 0.25) is 0 Å². The van der Waals surface area contributed by atoms with E-state index in [9.17, 15) is 14.0 Å². The minimum Gasteiger partial charge on any atom is -0.373 e. The third-order valence-electron chi connectivity index (χ3n) is 3.75. The fourth-order valence-corrected chi connectivity index (χ4v) is 2.97. The summed E-state index contributed by atoms with van der Waals surface area (Å²) in [6.45, 7) is 3.93. The van der Waals surface area contributed by atoms with Gasteiger partial charge in [-0.2, -0.15) is 0 Å². The number of benzene rings is 1. The van der Waals surface area contributed by atoms with Gasteiger partial charge in [-0.25, -0.2) is 4.39 Å². The number of hydrogen-bond acceptors (Lipinski definition) is 3. The van der Waals surface area contributed by atoms with Gasteiger partial charge in [-0.3, -0.25) is 14.5 Å². The number of halogens is 2. The number of hydrogen-bond donors (Lipinski definition) is 1. The van der Waals surface area contributed by atoms with Gasteiger partial charge in [0.2, 0.25) is 5.91 Å². The molecule has 1 aromatic carbocycles.